The van der Waals surface area contributed by atoms with Gasteiger partial charge in [-0.1, -0.05) is 29.4 Å². The van der Waals surface area contributed by atoms with Crippen LogP contribution >= 0.6 is 46.0 Å². The summed E-state index contributed by atoms with van der Waals surface area (Å²) >= 11 is 9.38. The van der Waals surface area contributed by atoms with Gasteiger partial charge in [-0.2, -0.15) is 4.98 Å². The van der Waals surface area contributed by atoms with Crippen molar-refractivity contribution in [2.24, 2.45) is 0 Å². The largest absolute Gasteiger partial charge is 0.472 e. The summed E-state index contributed by atoms with van der Waals surface area (Å²) in [5.41, 5.74) is 6.94. The van der Waals surface area contributed by atoms with E-state index in [0.717, 1.165) is 36.6 Å². The summed E-state index contributed by atoms with van der Waals surface area (Å²) in [7, 11) is 2.09. The fourth-order valence-corrected chi connectivity index (χ4v) is 5.18. The lowest BCUT2D eigenvalue weighted by molar-refractivity contribution is 0.110. The molecule has 0 radical (unpaired) electrons. The van der Waals surface area contributed by atoms with Gasteiger partial charge in [0.1, 0.15) is 12.4 Å². The van der Waals surface area contributed by atoms with Crippen molar-refractivity contribution < 1.29 is 13.9 Å². The second-order valence-electron chi connectivity index (χ2n) is 7.79. The highest BCUT2D eigenvalue weighted by Gasteiger charge is 2.20. The molecule has 0 amide bonds. The minimum Gasteiger partial charge on any atom is -0.472 e. The van der Waals surface area contributed by atoms with E-state index in [1.54, 1.807) is 53.1 Å². The van der Waals surface area contributed by atoms with E-state index < -0.39 is 5.82 Å². The van der Waals surface area contributed by atoms with Crippen LogP contribution in [0.2, 0.25) is 5.02 Å². The van der Waals surface area contributed by atoms with Crippen LogP contribution in [0.1, 0.15) is 15.9 Å². The number of halogens is 3. The fourth-order valence-electron chi connectivity index (χ4n) is 3.36. The predicted molar refractivity (Wildman–Crippen MR) is 141 cm³/mol. The molecular formula is C23H22ClFIN5O2S. The smallest absolute Gasteiger partial charge is 0.232 e. The molecular weight excluding hydrogens is 592 g/mol. The minimum atomic E-state index is -0.468. The van der Waals surface area contributed by atoms with Crippen LogP contribution in [0, 0.1) is 5.82 Å². The van der Waals surface area contributed by atoms with Crippen LogP contribution in [0.4, 0.5) is 16.0 Å². The Balaban J connectivity index is 1.60. The van der Waals surface area contributed by atoms with E-state index in [1.807, 2.05) is 6.07 Å². The number of benzene rings is 2. The van der Waals surface area contributed by atoms with E-state index in [0.29, 0.717) is 27.3 Å². The number of hydrogen-bond acceptors (Lipinski definition) is 8. The maximum absolute atomic E-state index is 13.5. The normalized spacial score (nSPS) is 14.3. The third-order valence-electron chi connectivity index (χ3n) is 5.31. The number of carbonyl (C=O) groups is 1. The number of piperazine rings is 1. The van der Waals surface area contributed by atoms with Crippen molar-refractivity contribution in [2.75, 3.05) is 43.9 Å². The molecule has 0 aliphatic carbocycles. The predicted octanol–water partition coefficient (Wildman–Crippen LogP) is 4.91. The number of anilines is 2. The molecule has 0 spiro atoms. The highest BCUT2D eigenvalue weighted by Crippen LogP contribution is 2.37. The van der Waals surface area contributed by atoms with Gasteiger partial charge in [0.2, 0.25) is 15.6 Å². The molecule has 4 rings (SSSR count). The van der Waals surface area contributed by atoms with Gasteiger partial charge in [0, 0.05) is 59.2 Å². The fraction of sp³-hybridized carbons (Fsp3) is 0.261. The van der Waals surface area contributed by atoms with Crippen molar-refractivity contribution in [3.63, 3.8) is 0 Å². The first-order chi connectivity index (χ1) is 16.3. The van der Waals surface area contributed by atoms with Gasteiger partial charge in [-0.05, 0) is 42.9 Å². The van der Waals surface area contributed by atoms with Crippen LogP contribution < -0.4 is 15.4 Å². The standard InChI is InChI=1S/C23H22ClFIN5O2S/c1-30-6-8-31(9-7-30)23-28-12-20(34-15-3-4-16(21(26)32)17(24)11-15)22(29-23)33-13-14-2-5-18(25)19(27)10-14/h2-5,10-12H,6-9,13,27H2,1H3. The molecule has 1 fully saturated rings. The molecule has 11 heteroatoms. The van der Waals surface area contributed by atoms with Gasteiger partial charge >= 0.3 is 0 Å². The molecule has 34 heavy (non-hydrogen) atoms. The van der Waals surface area contributed by atoms with Gasteiger partial charge in [0.15, 0.2) is 0 Å². The molecule has 7 nitrogen and oxygen atoms in total. The van der Waals surface area contributed by atoms with E-state index in [1.165, 1.54) is 17.8 Å². The Morgan fingerprint density at radius 2 is 2.00 bits per heavy atom. The number of likely N-dealkylation sites (N-methyl/N-ethyl adjacent to an activating group) is 1. The van der Waals surface area contributed by atoms with Crippen LogP contribution in [0.5, 0.6) is 5.88 Å². The Morgan fingerprint density at radius 1 is 1.24 bits per heavy atom. The monoisotopic (exact) mass is 613 g/mol. The highest BCUT2D eigenvalue weighted by atomic mass is 127. The molecule has 2 aromatic carbocycles. The quantitative estimate of drug-likeness (QED) is 0.229. The van der Waals surface area contributed by atoms with E-state index in [9.17, 15) is 9.18 Å². The topological polar surface area (TPSA) is 84.6 Å². The molecule has 0 bridgehead atoms. The summed E-state index contributed by atoms with van der Waals surface area (Å²) in [6.07, 6.45) is 1.73. The Hall–Kier alpha value is -2.15. The number of nitrogen functional groups attached to an aromatic ring is 1. The SMILES string of the molecule is CN1CCN(c2ncc(Sc3ccc(C(=O)I)c(Cl)c3)c(OCc3ccc(F)c(N)c3)n2)CC1. The number of carbonyl (C=O) groups excluding carboxylic acids is 1. The maximum Gasteiger partial charge on any atom is 0.232 e. The third kappa shape index (κ3) is 6.09. The van der Waals surface area contributed by atoms with Crippen LogP contribution in [-0.2, 0) is 6.61 Å². The first-order valence-corrected chi connectivity index (χ1v) is 12.7. The molecule has 3 aromatic rings. The number of ether oxygens (including phenoxy) is 1. The molecule has 0 atom stereocenters. The van der Waals surface area contributed by atoms with Gasteiger partial charge in [-0.3, -0.25) is 4.79 Å². The van der Waals surface area contributed by atoms with Gasteiger partial charge in [0.25, 0.3) is 0 Å². The second-order valence-corrected chi connectivity index (χ2v) is 10.3. The highest BCUT2D eigenvalue weighted by molar-refractivity contribution is 14.1. The van der Waals surface area contributed by atoms with E-state index in [-0.39, 0.29) is 16.1 Å². The lowest BCUT2D eigenvalue weighted by atomic mass is 10.2. The molecule has 2 heterocycles. The zero-order valence-electron chi connectivity index (χ0n) is 18.3. The Kier molecular flexibility index (Phi) is 8.12. The van der Waals surface area contributed by atoms with Crippen molar-refractivity contribution in [2.45, 2.75) is 16.4 Å². The third-order valence-corrected chi connectivity index (χ3v) is 7.20. The van der Waals surface area contributed by atoms with E-state index in [4.69, 9.17) is 27.1 Å². The van der Waals surface area contributed by atoms with Gasteiger partial charge in [0.05, 0.1) is 21.8 Å². The summed E-state index contributed by atoms with van der Waals surface area (Å²) in [6.45, 7) is 3.65. The van der Waals surface area contributed by atoms with Crippen molar-refractivity contribution >= 4 is 61.4 Å². The summed E-state index contributed by atoms with van der Waals surface area (Å²) in [5, 5.41) is 0.378. The van der Waals surface area contributed by atoms with Crippen molar-refractivity contribution in [1.29, 1.82) is 0 Å². The average molecular weight is 614 g/mol. The molecule has 178 valence electrons. The maximum atomic E-state index is 13.5. The zero-order chi connectivity index (χ0) is 24.2. The minimum absolute atomic E-state index is 0.0658. The summed E-state index contributed by atoms with van der Waals surface area (Å²) in [6, 6.07) is 9.74. The van der Waals surface area contributed by atoms with Crippen LogP contribution in [-0.4, -0.2) is 51.9 Å². The van der Waals surface area contributed by atoms with Crippen molar-refractivity contribution in [3.8, 4) is 5.88 Å². The average Bonchev–Trinajstić information content (AvgIpc) is 2.81. The van der Waals surface area contributed by atoms with Crippen molar-refractivity contribution in [1.82, 2.24) is 14.9 Å². The number of nitrogens with zero attached hydrogens (tertiary/aromatic N) is 4. The molecule has 2 N–H and O–H groups in total. The van der Waals surface area contributed by atoms with E-state index >= 15 is 0 Å². The number of rotatable bonds is 7. The summed E-state index contributed by atoms with van der Waals surface area (Å²) in [4.78, 5) is 26.8. The summed E-state index contributed by atoms with van der Waals surface area (Å²) in [5.74, 6) is 0.529. The Labute approximate surface area is 220 Å². The molecule has 1 aliphatic heterocycles. The molecule has 0 unspecified atom stereocenters. The van der Waals surface area contributed by atoms with Crippen molar-refractivity contribution in [3.05, 3.63) is 64.6 Å². The molecule has 1 aliphatic rings. The zero-order valence-corrected chi connectivity index (χ0v) is 22.0. The molecule has 1 aromatic heterocycles. The van der Waals surface area contributed by atoms with Gasteiger partial charge in [-0.25, -0.2) is 9.37 Å². The number of nitrogens with two attached hydrogens (primary N) is 1. The van der Waals surface area contributed by atoms with Crippen LogP contribution in [0.25, 0.3) is 0 Å². The Bertz CT molecular complexity index is 1210. The second kappa shape index (κ2) is 11.1. The first kappa shape index (κ1) is 25.0. The van der Waals surface area contributed by atoms with Gasteiger partial charge in [-0.15, -0.1) is 0 Å². The Morgan fingerprint density at radius 3 is 2.68 bits per heavy atom. The molecule has 1 saturated heterocycles. The van der Waals surface area contributed by atoms with Crippen LogP contribution in [0.3, 0.4) is 0 Å². The van der Waals surface area contributed by atoms with E-state index in [2.05, 4.69) is 21.8 Å². The number of hydrogen-bond donors (Lipinski definition) is 1. The van der Waals surface area contributed by atoms with Crippen LogP contribution in [0.15, 0.2) is 52.4 Å². The lowest BCUT2D eigenvalue weighted by Crippen LogP contribution is -2.45. The lowest BCUT2D eigenvalue weighted by Gasteiger charge is -2.32. The molecule has 0 saturated carbocycles. The summed E-state index contributed by atoms with van der Waals surface area (Å²) < 4.78 is 19.5. The first-order valence-electron chi connectivity index (χ1n) is 10.4. The number of aromatic nitrogens is 2. The van der Waals surface area contributed by atoms with Gasteiger partial charge < -0.3 is 20.3 Å².